The number of allylic oxidation sites excluding steroid dienone is 1. The molecule has 0 heterocycles. The molecule has 1 N–H and O–H groups in total. The Morgan fingerprint density at radius 1 is 1.00 bits per heavy atom. The van der Waals surface area contributed by atoms with Crippen molar-refractivity contribution in [2.24, 2.45) is 0 Å². The number of hydrogen-bond donors (Lipinski definition) is 1. The summed E-state index contributed by atoms with van der Waals surface area (Å²) in [5.74, 6) is 0.535. The number of rotatable bonds is 8. The molecule has 6 heteroatoms. The van der Waals surface area contributed by atoms with Crippen molar-refractivity contribution in [3.05, 3.63) is 105 Å². The molecule has 0 saturated heterocycles. The average molecular weight is 463 g/mol. The van der Waals surface area contributed by atoms with Crippen LogP contribution in [0.1, 0.15) is 29.2 Å². The fraction of sp³-hybridized carbons (Fsp3) is 0.192. The van der Waals surface area contributed by atoms with E-state index < -0.39 is 9.84 Å². The molecule has 164 valence electrons. The second-order valence-corrected chi connectivity index (χ2v) is 10.3. The van der Waals surface area contributed by atoms with Crippen molar-refractivity contribution < 1.29 is 8.42 Å². The average Bonchev–Trinajstić information content (AvgIpc) is 2.79. The predicted molar refractivity (Wildman–Crippen MR) is 133 cm³/mol. The number of aryl methyl sites for hydroxylation is 3. The third-order valence-corrected chi connectivity index (χ3v) is 8.00. The van der Waals surface area contributed by atoms with Crippen molar-refractivity contribution in [2.45, 2.75) is 37.8 Å². The van der Waals surface area contributed by atoms with E-state index in [2.05, 4.69) is 18.3 Å². The molecule has 0 saturated carbocycles. The van der Waals surface area contributed by atoms with Crippen LogP contribution in [0.5, 0.6) is 0 Å². The van der Waals surface area contributed by atoms with E-state index in [1.54, 1.807) is 18.2 Å². The van der Waals surface area contributed by atoms with Gasteiger partial charge in [-0.05, 0) is 49.1 Å². The first-order valence-electron chi connectivity index (χ1n) is 10.3. The molecule has 0 amide bonds. The first-order chi connectivity index (χ1) is 15.4. The van der Waals surface area contributed by atoms with E-state index in [1.165, 1.54) is 23.9 Å². The number of anilines is 1. The maximum Gasteiger partial charge on any atom is 0.219 e. The SMILES string of the molecule is CCc1cccc(C)c1NC(SCc1cccc(C)c1)=C(C#N)S(=O)(=O)c1ccccc1. The van der Waals surface area contributed by atoms with Crippen LogP contribution in [0.4, 0.5) is 5.69 Å². The minimum Gasteiger partial charge on any atom is -0.348 e. The molecule has 0 aromatic heterocycles. The Hall–Kier alpha value is -3.01. The smallest absolute Gasteiger partial charge is 0.219 e. The number of nitrogens with zero attached hydrogens (tertiary/aromatic N) is 1. The lowest BCUT2D eigenvalue weighted by Crippen LogP contribution is -2.11. The van der Waals surface area contributed by atoms with Gasteiger partial charge in [-0.25, -0.2) is 8.42 Å². The minimum absolute atomic E-state index is 0.104. The summed E-state index contributed by atoms with van der Waals surface area (Å²) >= 11 is 1.33. The van der Waals surface area contributed by atoms with Crippen molar-refractivity contribution in [3.63, 3.8) is 0 Å². The van der Waals surface area contributed by atoms with Crippen LogP contribution in [0, 0.1) is 25.2 Å². The summed E-state index contributed by atoms with van der Waals surface area (Å²) in [5.41, 5.74) is 5.09. The lowest BCUT2D eigenvalue weighted by molar-refractivity contribution is 0.603. The number of hydrogen-bond acceptors (Lipinski definition) is 5. The van der Waals surface area contributed by atoms with Crippen LogP contribution in [0.3, 0.4) is 0 Å². The molecule has 3 aromatic carbocycles. The first-order valence-corrected chi connectivity index (χ1v) is 12.8. The third kappa shape index (κ3) is 5.42. The molecule has 0 bridgehead atoms. The number of benzene rings is 3. The van der Waals surface area contributed by atoms with Gasteiger partial charge in [0.1, 0.15) is 11.1 Å². The zero-order valence-electron chi connectivity index (χ0n) is 18.4. The summed E-state index contributed by atoms with van der Waals surface area (Å²) < 4.78 is 26.7. The van der Waals surface area contributed by atoms with E-state index in [-0.39, 0.29) is 9.80 Å². The quantitative estimate of drug-likeness (QED) is 0.394. The first kappa shape index (κ1) is 23.6. The van der Waals surface area contributed by atoms with Gasteiger partial charge in [0, 0.05) is 11.4 Å². The molecule has 0 atom stereocenters. The van der Waals surface area contributed by atoms with Gasteiger partial charge in [0.15, 0.2) is 4.91 Å². The predicted octanol–water partition coefficient (Wildman–Crippen LogP) is 6.38. The standard InChI is InChI=1S/C26H26N2O2S2/c1-4-22-13-9-11-20(3)25(22)28-26(31-18-21-12-8-10-19(2)16-21)24(17-27)32(29,30)23-14-6-5-7-15-23/h5-16,28H,4,18H2,1-3H3. The van der Waals surface area contributed by atoms with Crippen molar-refractivity contribution in [2.75, 3.05) is 5.32 Å². The molecule has 4 nitrogen and oxygen atoms in total. The molecule has 0 unspecified atom stereocenters. The fourth-order valence-electron chi connectivity index (χ4n) is 3.38. The van der Waals surface area contributed by atoms with Gasteiger partial charge in [-0.2, -0.15) is 5.26 Å². The Balaban J connectivity index is 2.11. The van der Waals surface area contributed by atoms with Gasteiger partial charge >= 0.3 is 0 Å². The Morgan fingerprint density at radius 2 is 1.72 bits per heavy atom. The number of nitriles is 1. The van der Waals surface area contributed by atoms with Gasteiger partial charge < -0.3 is 5.32 Å². The lowest BCUT2D eigenvalue weighted by atomic mass is 10.1. The summed E-state index contributed by atoms with van der Waals surface area (Å²) in [6, 6.07) is 24.1. The lowest BCUT2D eigenvalue weighted by Gasteiger charge is -2.18. The molecule has 32 heavy (non-hydrogen) atoms. The summed E-state index contributed by atoms with van der Waals surface area (Å²) in [7, 11) is -3.98. The maximum atomic E-state index is 13.4. The zero-order chi connectivity index (χ0) is 23.1. The second kappa shape index (κ2) is 10.5. The van der Waals surface area contributed by atoms with Crippen molar-refractivity contribution >= 4 is 27.3 Å². The highest BCUT2D eigenvalue weighted by molar-refractivity contribution is 8.04. The largest absolute Gasteiger partial charge is 0.348 e. The van der Waals surface area contributed by atoms with E-state index >= 15 is 0 Å². The highest BCUT2D eigenvalue weighted by atomic mass is 32.2. The maximum absolute atomic E-state index is 13.4. The highest BCUT2D eigenvalue weighted by Gasteiger charge is 2.26. The van der Waals surface area contributed by atoms with E-state index in [9.17, 15) is 13.7 Å². The summed E-state index contributed by atoms with van der Waals surface area (Å²) in [6.45, 7) is 6.04. The van der Waals surface area contributed by atoms with Crippen LogP contribution in [-0.4, -0.2) is 8.42 Å². The molecule has 0 fully saturated rings. The van der Waals surface area contributed by atoms with Crippen molar-refractivity contribution in [3.8, 4) is 6.07 Å². The second-order valence-electron chi connectivity index (χ2n) is 7.45. The molecule has 0 aliphatic carbocycles. The molecule has 0 radical (unpaired) electrons. The number of thioether (sulfide) groups is 1. The Morgan fingerprint density at radius 3 is 2.38 bits per heavy atom. The van der Waals surface area contributed by atoms with Gasteiger partial charge in [-0.1, -0.05) is 73.2 Å². The molecule has 0 aliphatic rings. The molecule has 0 aliphatic heterocycles. The van der Waals surface area contributed by atoms with Gasteiger partial charge in [-0.15, -0.1) is 11.8 Å². The number of nitrogens with one attached hydrogen (secondary N) is 1. The van der Waals surface area contributed by atoms with E-state index in [1.807, 2.05) is 56.3 Å². The minimum atomic E-state index is -3.98. The van der Waals surface area contributed by atoms with Crippen LogP contribution < -0.4 is 5.32 Å². The Bertz CT molecular complexity index is 1270. The molecule has 3 rings (SSSR count). The van der Waals surface area contributed by atoms with E-state index in [0.29, 0.717) is 10.8 Å². The molecule has 0 spiro atoms. The number of sulfone groups is 1. The third-order valence-electron chi connectivity index (χ3n) is 5.07. The topological polar surface area (TPSA) is 70.0 Å². The molecular formula is C26H26N2O2S2. The van der Waals surface area contributed by atoms with Crippen LogP contribution in [0.25, 0.3) is 0 Å². The van der Waals surface area contributed by atoms with Gasteiger partial charge in [-0.3, -0.25) is 0 Å². The van der Waals surface area contributed by atoms with Crippen molar-refractivity contribution in [1.29, 1.82) is 5.26 Å². The van der Waals surface area contributed by atoms with Crippen LogP contribution in [0.15, 0.2) is 87.6 Å². The van der Waals surface area contributed by atoms with Crippen LogP contribution in [-0.2, 0) is 22.0 Å². The van der Waals surface area contributed by atoms with E-state index in [4.69, 9.17) is 0 Å². The molecule has 3 aromatic rings. The van der Waals surface area contributed by atoms with Gasteiger partial charge in [0.05, 0.1) is 4.90 Å². The highest BCUT2D eigenvalue weighted by Crippen LogP contribution is 2.33. The molecular weight excluding hydrogens is 436 g/mol. The summed E-state index contributed by atoms with van der Waals surface area (Å²) in [5, 5.41) is 13.6. The summed E-state index contributed by atoms with van der Waals surface area (Å²) in [4.78, 5) is -0.167. The zero-order valence-corrected chi connectivity index (χ0v) is 20.1. The van der Waals surface area contributed by atoms with Gasteiger partial charge in [0.2, 0.25) is 9.84 Å². The van der Waals surface area contributed by atoms with Crippen molar-refractivity contribution in [1.82, 2.24) is 0 Å². The Kier molecular flexibility index (Phi) is 7.79. The Labute approximate surface area is 194 Å². The normalized spacial score (nSPS) is 12.1. The monoisotopic (exact) mass is 462 g/mol. The fourth-order valence-corrected chi connectivity index (χ4v) is 5.90. The van der Waals surface area contributed by atoms with Gasteiger partial charge in [0.25, 0.3) is 0 Å². The number of para-hydroxylation sites is 1. The van der Waals surface area contributed by atoms with Crippen LogP contribution >= 0.6 is 11.8 Å². The summed E-state index contributed by atoms with van der Waals surface area (Å²) in [6.07, 6.45) is 0.785. The van der Waals surface area contributed by atoms with Crippen LogP contribution in [0.2, 0.25) is 0 Å². The van der Waals surface area contributed by atoms with E-state index in [0.717, 1.165) is 34.4 Å².